The molecule has 0 aliphatic rings. The fourth-order valence-electron chi connectivity index (χ4n) is 1.96. The van der Waals surface area contributed by atoms with Crippen LogP contribution in [0.1, 0.15) is 11.1 Å². The van der Waals surface area contributed by atoms with E-state index in [-0.39, 0.29) is 5.63 Å². The lowest BCUT2D eigenvalue weighted by molar-refractivity contribution is 0.561. The Kier molecular flexibility index (Phi) is 2.98. The van der Waals surface area contributed by atoms with Gasteiger partial charge in [0.1, 0.15) is 5.58 Å². The van der Waals surface area contributed by atoms with Crippen LogP contribution >= 0.6 is 0 Å². The van der Waals surface area contributed by atoms with Crippen molar-refractivity contribution in [1.82, 2.24) is 0 Å². The number of fused-ring (bicyclic) bond motifs is 1. The minimum Gasteiger partial charge on any atom is -0.423 e. The highest BCUT2D eigenvalue weighted by Gasteiger charge is 2.05. The SMILES string of the molecule is Nc1ccc2oc(=O)ccc2c1C#Cc1ccccc1. The number of benzene rings is 2. The van der Waals surface area contributed by atoms with E-state index in [2.05, 4.69) is 11.8 Å². The lowest BCUT2D eigenvalue weighted by atomic mass is 10.1. The Bertz CT molecular complexity index is 883. The molecule has 0 saturated carbocycles. The van der Waals surface area contributed by atoms with Crippen molar-refractivity contribution in [3.05, 3.63) is 76.1 Å². The van der Waals surface area contributed by atoms with Crippen LogP contribution < -0.4 is 11.4 Å². The van der Waals surface area contributed by atoms with Crippen molar-refractivity contribution in [2.24, 2.45) is 0 Å². The first-order valence-corrected chi connectivity index (χ1v) is 6.13. The summed E-state index contributed by atoms with van der Waals surface area (Å²) in [5.41, 5.74) is 8.22. The van der Waals surface area contributed by atoms with Crippen LogP contribution in [0.3, 0.4) is 0 Å². The first-order chi connectivity index (χ1) is 9.74. The maximum atomic E-state index is 11.2. The molecular formula is C17H11NO2. The molecule has 3 heteroatoms. The van der Waals surface area contributed by atoms with Crippen LogP contribution in [0.2, 0.25) is 0 Å². The molecule has 0 atom stereocenters. The maximum Gasteiger partial charge on any atom is 0.336 e. The molecule has 0 fully saturated rings. The summed E-state index contributed by atoms with van der Waals surface area (Å²) in [6.45, 7) is 0. The minimum absolute atomic E-state index is 0.385. The molecule has 0 amide bonds. The highest BCUT2D eigenvalue weighted by Crippen LogP contribution is 2.22. The molecule has 96 valence electrons. The van der Waals surface area contributed by atoms with Crippen LogP contribution in [0.4, 0.5) is 5.69 Å². The lowest BCUT2D eigenvalue weighted by Gasteiger charge is -2.02. The Balaban J connectivity index is 2.19. The normalized spacial score (nSPS) is 10.0. The van der Waals surface area contributed by atoms with Crippen LogP contribution in [0.5, 0.6) is 0 Å². The van der Waals surface area contributed by atoms with E-state index in [0.717, 1.165) is 10.9 Å². The maximum absolute atomic E-state index is 11.2. The van der Waals surface area contributed by atoms with E-state index >= 15 is 0 Å². The van der Waals surface area contributed by atoms with E-state index in [1.165, 1.54) is 6.07 Å². The van der Waals surface area contributed by atoms with Crippen LogP contribution in [-0.4, -0.2) is 0 Å². The van der Waals surface area contributed by atoms with Gasteiger partial charge in [0.2, 0.25) is 0 Å². The predicted molar refractivity (Wildman–Crippen MR) is 79.3 cm³/mol. The van der Waals surface area contributed by atoms with Crippen LogP contribution in [0.15, 0.2) is 63.8 Å². The van der Waals surface area contributed by atoms with Gasteiger partial charge in [-0.3, -0.25) is 0 Å². The largest absolute Gasteiger partial charge is 0.423 e. The van der Waals surface area contributed by atoms with Crippen molar-refractivity contribution in [2.45, 2.75) is 0 Å². The molecule has 3 rings (SSSR count). The average molecular weight is 261 g/mol. The van der Waals surface area contributed by atoms with Crippen molar-refractivity contribution in [2.75, 3.05) is 5.73 Å². The van der Waals surface area contributed by atoms with Gasteiger partial charge in [0.15, 0.2) is 0 Å². The van der Waals surface area contributed by atoms with Gasteiger partial charge in [-0.2, -0.15) is 0 Å². The fraction of sp³-hybridized carbons (Fsp3) is 0. The van der Waals surface area contributed by atoms with E-state index in [1.807, 2.05) is 30.3 Å². The van der Waals surface area contributed by atoms with E-state index in [0.29, 0.717) is 16.8 Å². The van der Waals surface area contributed by atoms with Crippen LogP contribution in [-0.2, 0) is 0 Å². The van der Waals surface area contributed by atoms with Crippen LogP contribution in [0, 0.1) is 11.8 Å². The van der Waals surface area contributed by atoms with Gasteiger partial charge in [0, 0.05) is 22.7 Å². The topological polar surface area (TPSA) is 56.2 Å². The molecule has 0 spiro atoms. The van der Waals surface area contributed by atoms with Crippen molar-refractivity contribution in [3.8, 4) is 11.8 Å². The highest BCUT2D eigenvalue weighted by atomic mass is 16.4. The third-order valence-electron chi connectivity index (χ3n) is 2.94. The first-order valence-electron chi connectivity index (χ1n) is 6.13. The zero-order valence-corrected chi connectivity index (χ0v) is 10.6. The first kappa shape index (κ1) is 12.1. The summed E-state index contributed by atoms with van der Waals surface area (Å²) < 4.78 is 5.13. The Labute approximate surface area is 115 Å². The molecule has 3 aromatic rings. The summed E-state index contributed by atoms with van der Waals surface area (Å²) in [6.07, 6.45) is 0. The summed E-state index contributed by atoms with van der Waals surface area (Å²) in [7, 11) is 0. The van der Waals surface area contributed by atoms with Crippen molar-refractivity contribution >= 4 is 16.7 Å². The molecule has 0 aliphatic heterocycles. The monoisotopic (exact) mass is 261 g/mol. The molecule has 0 aliphatic carbocycles. The van der Waals surface area contributed by atoms with Crippen molar-refractivity contribution in [3.63, 3.8) is 0 Å². The average Bonchev–Trinajstić information content (AvgIpc) is 2.47. The van der Waals surface area contributed by atoms with E-state index in [1.54, 1.807) is 18.2 Å². The molecular weight excluding hydrogens is 250 g/mol. The summed E-state index contributed by atoms with van der Waals surface area (Å²) in [5.74, 6) is 6.11. The second-order valence-electron chi connectivity index (χ2n) is 4.31. The third-order valence-corrected chi connectivity index (χ3v) is 2.94. The minimum atomic E-state index is -0.385. The van der Waals surface area contributed by atoms with Crippen molar-refractivity contribution < 1.29 is 4.42 Å². The molecule has 1 aromatic heterocycles. The third kappa shape index (κ3) is 2.27. The van der Waals surface area contributed by atoms with Gasteiger partial charge in [-0.25, -0.2) is 4.79 Å². The quantitative estimate of drug-likeness (QED) is 0.384. The van der Waals surface area contributed by atoms with Gasteiger partial charge in [-0.1, -0.05) is 30.0 Å². The number of nitrogen functional groups attached to an aromatic ring is 1. The molecule has 2 aromatic carbocycles. The van der Waals surface area contributed by atoms with Gasteiger partial charge in [-0.15, -0.1) is 0 Å². The second-order valence-corrected chi connectivity index (χ2v) is 4.31. The van der Waals surface area contributed by atoms with Gasteiger partial charge in [-0.05, 0) is 30.3 Å². The van der Waals surface area contributed by atoms with Gasteiger partial charge in [0.25, 0.3) is 0 Å². The summed E-state index contributed by atoms with van der Waals surface area (Å²) in [6, 6.07) is 16.1. The molecule has 0 bridgehead atoms. The zero-order valence-electron chi connectivity index (χ0n) is 10.6. The van der Waals surface area contributed by atoms with Crippen molar-refractivity contribution in [1.29, 1.82) is 0 Å². The Morgan fingerprint density at radius 3 is 2.50 bits per heavy atom. The number of hydrogen-bond donors (Lipinski definition) is 1. The Morgan fingerprint density at radius 1 is 0.900 bits per heavy atom. The fourth-order valence-corrected chi connectivity index (χ4v) is 1.96. The molecule has 0 radical (unpaired) electrons. The highest BCUT2D eigenvalue weighted by molar-refractivity contribution is 5.88. The Morgan fingerprint density at radius 2 is 1.70 bits per heavy atom. The molecule has 3 nitrogen and oxygen atoms in total. The molecule has 2 N–H and O–H groups in total. The summed E-state index contributed by atoms with van der Waals surface area (Å²) in [4.78, 5) is 11.2. The molecule has 0 unspecified atom stereocenters. The Hall–Kier alpha value is -2.99. The number of hydrogen-bond acceptors (Lipinski definition) is 3. The predicted octanol–water partition coefficient (Wildman–Crippen LogP) is 2.78. The van der Waals surface area contributed by atoms with E-state index in [4.69, 9.17) is 10.2 Å². The summed E-state index contributed by atoms with van der Waals surface area (Å²) in [5, 5.41) is 0.744. The zero-order chi connectivity index (χ0) is 13.9. The van der Waals surface area contributed by atoms with E-state index in [9.17, 15) is 4.79 Å². The lowest BCUT2D eigenvalue weighted by Crippen LogP contribution is -1.97. The standard InChI is InChI=1S/C17H11NO2/c18-15-9-10-16-14(8-11-17(19)20-16)13(15)7-6-12-4-2-1-3-5-12/h1-5,8-11H,18H2. The van der Waals surface area contributed by atoms with Gasteiger partial charge in [0.05, 0.1) is 5.56 Å². The molecule has 1 heterocycles. The summed E-state index contributed by atoms with van der Waals surface area (Å²) >= 11 is 0. The molecule has 20 heavy (non-hydrogen) atoms. The smallest absolute Gasteiger partial charge is 0.336 e. The second kappa shape index (κ2) is 4.94. The number of anilines is 1. The van der Waals surface area contributed by atoms with Crippen LogP contribution in [0.25, 0.3) is 11.0 Å². The van der Waals surface area contributed by atoms with Gasteiger partial charge >= 0.3 is 5.63 Å². The number of rotatable bonds is 0. The number of nitrogens with two attached hydrogens (primary N) is 1. The van der Waals surface area contributed by atoms with Gasteiger partial charge < -0.3 is 10.2 Å². The molecule has 0 saturated heterocycles. The van der Waals surface area contributed by atoms with E-state index < -0.39 is 0 Å².